The SMILES string of the molecule is C=CCOc1ccc(/C(O)=C2/C(=O)C(=O)N(Cc3cccnc3)C2c2cccc(Oc3ccccc3)c2)cc1. The van der Waals surface area contributed by atoms with Gasteiger partial charge in [-0.2, -0.15) is 0 Å². The van der Waals surface area contributed by atoms with E-state index < -0.39 is 17.7 Å². The van der Waals surface area contributed by atoms with Crippen molar-refractivity contribution in [3.63, 3.8) is 0 Å². The lowest BCUT2D eigenvalue weighted by atomic mass is 9.95. The van der Waals surface area contributed by atoms with Gasteiger partial charge >= 0.3 is 0 Å². The first kappa shape index (κ1) is 25.5. The fraction of sp³-hybridized carbons (Fsp3) is 0.0938. The number of hydrogen-bond donors (Lipinski definition) is 1. The van der Waals surface area contributed by atoms with Crippen molar-refractivity contribution in [2.24, 2.45) is 0 Å². The lowest BCUT2D eigenvalue weighted by Crippen LogP contribution is -2.29. The molecule has 2 heterocycles. The van der Waals surface area contributed by atoms with E-state index >= 15 is 0 Å². The van der Waals surface area contributed by atoms with Gasteiger partial charge in [-0.25, -0.2) is 0 Å². The van der Waals surface area contributed by atoms with Gasteiger partial charge in [-0.3, -0.25) is 14.6 Å². The number of Topliss-reactive ketones (excluding diaryl/α,β-unsaturated/α-hetero) is 1. The van der Waals surface area contributed by atoms with Crippen molar-refractivity contribution in [1.82, 2.24) is 9.88 Å². The molecule has 0 bridgehead atoms. The highest BCUT2D eigenvalue weighted by Crippen LogP contribution is 2.41. The Balaban J connectivity index is 1.57. The first-order chi connectivity index (χ1) is 19.0. The van der Waals surface area contributed by atoms with Crippen LogP contribution in [-0.4, -0.2) is 33.3 Å². The number of aliphatic hydroxyl groups is 1. The quantitative estimate of drug-likeness (QED) is 0.125. The van der Waals surface area contributed by atoms with Crippen molar-refractivity contribution in [1.29, 1.82) is 0 Å². The number of benzene rings is 3. The molecule has 1 amide bonds. The Labute approximate surface area is 226 Å². The van der Waals surface area contributed by atoms with E-state index in [-0.39, 0.29) is 17.9 Å². The number of nitrogens with zero attached hydrogens (tertiary/aromatic N) is 2. The maximum absolute atomic E-state index is 13.4. The summed E-state index contributed by atoms with van der Waals surface area (Å²) in [6.45, 7) is 4.11. The second kappa shape index (κ2) is 11.5. The van der Waals surface area contributed by atoms with Crippen LogP contribution >= 0.6 is 0 Å². The molecule has 1 unspecified atom stereocenters. The molecule has 3 aromatic carbocycles. The average molecular weight is 519 g/mol. The van der Waals surface area contributed by atoms with Gasteiger partial charge in [0.15, 0.2) is 0 Å². The number of pyridine rings is 1. The first-order valence-electron chi connectivity index (χ1n) is 12.4. The third-order valence-corrected chi connectivity index (χ3v) is 6.26. The van der Waals surface area contributed by atoms with Crippen LogP contribution in [0.5, 0.6) is 17.2 Å². The lowest BCUT2D eigenvalue weighted by molar-refractivity contribution is -0.140. The molecule has 4 aromatic rings. The van der Waals surface area contributed by atoms with E-state index in [1.165, 1.54) is 4.90 Å². The van der Waals surface area contributed by atoms with Crippen LogP contribution in [0.4, 0.5) is 0 Å². The predicted molar refractivity (Wildman–Crippen MR) is 147 cm³/mol. The van der Waals surface area contributed by atoms with Gasteiger partial charge in [0.05, 0.1) is 11.6 Å². The third kappa shape index (κ3) is 5.57. The molecule has 1 aromatic heterocycles. The Morgan fingerprint density at radius 2 is 1.69 bits per heavy atom. The summed E-state index contributed by atoms with van der Waals surface area (Å²) in [6.07, 6.45) is 4.92. The number of hydrogen-bond acceptors (Lipinski definition) is 6. The molecule has 0 radical (unpaired) electrons. The van der Waals surface area contributed by atoms with Gasteiger partial charge in [0.2, 0.25) is 0 Å². The minimum atomic E-state index is -0.846. The van der Waals surface area contributed by atoms with Gasteiger partial charge in [-0.1, -0.05) is 49.1 Å². The van der Waals surface area contributed by atoms with Crippen LogP contribution in [0.3, 0.4) is 0 Å². The smallest absolute Gasteiger partial charge is 0.295 e. The van der Waals surface area contributed by atoms with Crippen LogP contribution in [0.2, 0.25) is 0 Å². The summed E-state index contributed by atoms with van der Waals surface area (Å²) in [5.41, 5.74) is 1.77. The number of amides is 1. The number of carbonyl (C=O) groups is 2. The fourth-order valence-corrected chi connectivity index (χ4v) is 4.47. The first-order valence-corrected chi connectivity index (χ1v) is 12.4. The predicted octanol–water partition coefficient (Wildman–Crippen LogP) is 6.06. The van der Waals surface area contributed by atoms with Gasteiger partial charge in [-0.15, -0.1) is 0 Å². The molecule has 0 saturated carbocycles. The highest BCUT2D eigenvalue weighted by atomic mass is 16.5. The molecule has 5 rings (SSSR count). The molecule has 1 atom stereocenters. The molecule has 1 aliphatic heterocycles. The Morgan fingerprint density at radius 3 is 2.41 bits per heavy atom. The van der Waals surface area contributed by atoms with E-state index in [9.17, 15) is 14.7 Å². The minimum Gasteiger partial charge on any atom is -0.507 e. The largest absolute Gasteiger partial charge is 0.507 e. The third-order valence-electron chi connectivity index (χ3n) is 6.26. The van der Waals surface area contributed by atoms with Crippen LogP contribution in [-0.2, 0) is 16.1 Å². The number of carbonyl (C=O) groups excluding carboxylic acids is 2. The van der Waals surface area contributed by atoms with Crippen LogP contribution in [0.15, 0.2) is 122 Å². The van der Waals surface area contributed by atoms with Crippen LogP contribution in [0.25, 0.3) is 5.76 Å². The molecule has 1 saturated heterocycles. The van der Waals surface area contributed by atoms with Crippen LogP contribution in [0.1, 0.15) is 22.7 Å². The zero-order valence-electron chi connectivity index (χ0n) is 21.1. The number of ether oxygens (including phenoxy) is 2. The van der Waals surface area contributed by atoms with Crippen LogP contribution < -0.4 is 9.47 Å². The maximum atomic E-state index is 13.4. The summed E-state index contributed by atoms with van der Waals surface area (Å²) < 4.78 is 11.5. The van der Waals surface area contributed by atoms with Gasteiger partial charge in [0.25, 0.3) is 11.7 Å². The van der Waals surface area contributed by atoms with Crippen molar-refractivity contribution in [3.05, 3.63) is 138 Å². The molecular formula is C32H26N2O5. The molecule has 0 aliphatic carbocycles. The molecule has 7 heteroatoms. The van der Waals surface area contributed by atoms with E-state index in [2.05, 4.69) is 11.6 Å². The molecule has 0 spiro atoms. The Bertz CT molecular complexity index is 1520. The Kier molecular flexibility index (Phi) is 7.50. The molecule has 1 aliphatic rings. The fourth-order valence-electron chi connectivity index (χ4n) is 4.47. The summed E-state index contributed by atoms with van der Waals surface area (Å²) in [5.74, 6) is 0.0446. The number of aliphatic hydroxyl groups excluding tert-OH is 1. The zero-order chi connectivity index (χ0) is 27.2. The zero-order valence-corrected chi connectivity index (χ0v) is 21.1. The van der Waals surface area contributed by atoms with Gasteiger partial charge in [0, 0.05) is 24.5 Å². The van der Waals surface area contributed by atoms with Gasteiger partial charge in [0.1, 0.15) is 29.6 Å². The van der Waals surface area contributed by atoms with E-state index in [1.807, 2.05) is 42.5 Å². The van der Waals surface area contributed by atoms with Gasteiger partial charge < -0.3 is 19.5 Å². The van der Waals surface area contributed by atoms with Crippen molar-refractivity contribution in [2.75, 3.05) is 6.61 Å². The molecule has 194 valence electrons. The van der Waals surface area contributed by atoms with E-state index in [0.29, 0.717) is 35.0 Å². The van der Waals surface area contributed by atoms with E-state index in [0.717, 1.165) is 5.56 Å². The standard InChI is InChI=1S/C32H26N2O5/c1-2-18-38-25-15-13-23(14-16-25)30(35)28-29(34(32(37)31(28)36)21-22-8-7-17-33-20-22)24-9-6-12-27(19-24)39-26-10-4-3-5-11-26/h2-17,19-20,29,35H,1,18,21H2/b30-28-. The normalized spacial score (nSPS) is 16.2. The topological polar surface area (TPSA) is 89.0 Å². The van der Waals surface area contributed by atoms with Crippen molar-refractivity contribution in [3.8, 4) is 17.2 Å². The number of likely N-dealkylation sites (tertiary alicyclic amines) is 1. The summed E-state index contributed by atoms with van der Waals surface area (Å²) in [4.78, 5) is 32.3. The number of aromatic nitrogens is 1. The van der Waals surface area contributed by atoms with Crippen molar-refractivity contribution < 1.29 is 24.2 Å². The molecule has 1 fully saturated rings. The van der Waals surface area contributed by atoms with Crippen LogP contribution in [0, 0.1) is 0 Å². The summed E-state index contributed by atoms with van der Waals surface area (Å²) >= 11 is 0. The van der Waals surface area contributed by atoms with Gasteiger partial charge in [-0.05, 0) is 65.7 Å². The Morgan fingerprint density at radius 1 is 0.923 bits per heavy atom. The second-order valence-electron chi connectivity index (χ2n) is 8.90. The molecule has 7 nitrogen and oxygen atoms in total. The molecular weight excluding hydrogens is 492 g/mol. The summed E-state index contributed by atoms with van der Waals surface area (Å²) in [7, 11) is 0. The maximum Gasteiger partial charge on any atom is 0.295 e. The Hall–Kier alpha value is -5.17. The highest BCUT2D eigenvalue weighted by molar-refractivity contribution is 6.46. The molecule has 1 N–H and O–H groups in total. The monoisotopic (exact) mass is 518 g/mol. The molecule has 39 heavy (non-hydrogen) atoms. The van der Waals surface area contributed by atoms with Crippen molar-refractivity contribution in [2.45, 2.75) is 12.6 Å². The van der Waals surface area contributed by atoms with E-state index in [4.69, 9.17) is 9.47 Å². The van der Waals surface area contributed by atoms with Crippen molar-refractivity contribution >= 4 is 17.4 Å². The lowest BCUT2D eigenvalue weighted by Gasteiger charge is -2.25. The average Bonchev–Trinajstić information content (AvgIpc) is 3.22. The summed E-state index contributed by atoms with van der Waals surface area (Å²) in [6, 6.07) is 25.9. The summed E-state index contributed by atoms with van der Waals surface area (Å²) in [5, 5.41) is 11.4. The minimum absolute atomic E-state index is 0.000473. The number of rotatable bonds is 9. The van der Waals surface area contributed by atoms with E-state index in [1.54, 1.807) is 67.0 Å². The number of ketones is 1. The second-order valence-corrected chi connectivity index (χ2v) is 8.90. The number of para-hydroxylation sites is 1. The highest BCUT2D eigenvalue weighted by Gasteiger charge is 2.46.